The minimum absolute atomic E-state index is 0.239. The number of fused-ring (bicyclic) bond motifs is 2. The van der Waals surface area contributed by atoms with Crippen LogP contribution in [0.15, 0.2) is 81.3 Å². The SMILES string of the molecule is C=CC1=C2B(C3=C(CCC=C3)SC2=C)C(/C=C\C)=C(C)O1. The van der Waals surface area contributed by atoms with Crippen LogP contribution >= 0.6 is 11.8 Å². The number of thioether (sulfide) groups is 1. The lowest BCUT2D eigenvalue weighted by molar-refractivity contribution is 0.316. The van der Waals surface area contributed by atoms with Crippen molar-refractivity contribution in [3.05, 3.63) is 81.3 Å². The monoisotopic (exact) mass is 294 g/mol. The molecule has 0 atom stereocenters. The van der Waals surface area contributed by atoms with Crippen LogP contribution in [0.5, 0.6) is 0 Å². The molecule has 106 valence electrons. The average molecular weight is 294 g/mol. The van der Waals surface area contributed by atoms with Gasteiger partial charge >= 0.3 is 0 Å². The number of ether oxygens (including phenoxy) is 1. The molecule has 21 heavy (non-hydrogen) atoms. The fourth-order valence-electron chi connectivity index (χ4n) is 3.18. The molecule has 0 saturated carbocycles. The predicted octanol–water partition coefficient (Wildman–Crippen LogP) is 5.28. The highest BCUT2D eigenvalue weighted by Gasteiger charge is 2.40. The van der Waals surface area contributed by atoms with Crippen molar-refractivity contribution in [1.82, 2.24) is 0 Å². The second kappa shape index (κ2) is 5.65. The van der Waals surface area contributed by atoms with Crippen molar-refractivity contribution in [2.75, 3.05) is 0 Å². The van der Waals surface area contributed by atoms with Gasteiger partial charge in [0, 0.05) is 4.91 Å². The number of hydrogen-bond donors (Lipinski definition) is 0. The molecule has 2 aliphatic heterocycles. The molecule has 3 rings (SSSR count). The number of hydrogen-bond acceptors (Lipinski definition) is 2. The molecule has 1 aliphatic carbocycles. The van der Waals surface area contributed by atoms with Crippen LogP contribution in [-0.4, -0.2) is 6.71 Å². The normalized spacial score (nSPS) is 21.8. The summed E-state index contributed by atoms with van der Waals surface area (Å²) in [6.45, 7) is 12.5. The van der Waals surface area contributed by atoms with Crippen LogP contribution in [0.1, 0.15) is 26.7 Å². The van der Waals surface area contributed by atoms with E-state index in [4.69, 9.17) is 4.74 Å². The van der Waals surface area contributed by atoms with Gasteiger partial charge in [-0.2, -0.15) is 0 Å². The second-order valence-electron chi connectivity index (χ2n) is 5.37. The molecule has 0 bridgehead atoms. The molecule has 0 unspecified atom stereocenters. The molecule has 0 aromatic rings. The molecule has 3 heteroatoms. The Labute approximate surface area is 131 Å². The Morgan fingerprint density at radius 3 is 2.95 bits per heavy atom. The fourth-order valence-corrected chi connectivity index (χ4v) is 4.33. The topological polar surface area (TPSA) is 9.23 Å². The zero-order valence-electron chi connectivity index (χ0n) is 12.6. The van der Waals surface area contributed by atoms with Gasteiger partial charge in [-0.1, -0.05) is 54.7 Å². The fraction of sp³-hybridized carbons (Fsp3) is 0.222. The lowest BCUT2D eigenvalue weighted by atomic mass is 9.33. The summed E-state index contributed by atoms with van der Waals surface area (Å²) in [4.78, 5) is 2.55. The lowest BCUT2D eigenvalue weighted by Gasteiger charge is -2.35. The Kier molecular flexibility index (Phi) is 3.86. The van der Waals surface area contributed by atoms with Crippen LogP contribution < -0.4 is 0 Å². The van der Waals surface area contributed by atoms with Gasteiger partial charge in [0.05, 0.1) is 5.76 Å². The summed E-state index contributed by atoms with van der Waals surface area (Å²) >= 11 is 1.80. The highest BCUT2D eigenvalue weighted by molar-refractivity contribution is 8.07. The van der Waals surface area contributed by atoms with Crippen LogP contribution in [0.25, 0.3) is 0 Å². The highest BCUT2D eigenvalue weighted by atomic mass is 32.2. The van der Waals surface area contributed by atoms with E-state index in [0.717, 1.165) is 29.3 Å². The van der Waals surface area contributed by atoms with Crippen molar-refractivity contribution in [2.45, 2.75) is 26.7 Å². The molecule has 0 saturated heterocycles. The highest BCUT2D eigenvalue weighted by Crippen LogP contribution is 2.49. The molecule has 0 N–H and O–H groups in total. The predicted molar refractivity (Wildman–Crippen MR) is 93.7 cm³/mol. The van der Waals surface area contributed by atoms with Gasteiger partial charge in [0.2, 0.25) is 0 Å². The molecule has 0 spiro atoms. The smallest absolute Gasteiger partial charge is 0.252 e. The number of rotatable bonds is 2. The molecule has 2 heterocycles. The van der Waals surface area contributed by atoms with Crippen molar-refractivity contribution in [3.8, 4) is 0 Å². The Balaban J connectivity index is 2.24. The van der Waals surface area contributed by atoms with E-state index in [0.29, 0.717) is 0 Å². The molecule has 0 amide bonds. The van der Waals surface area contributed by atoms with Crippen molar-refractivity contribution >= 4 is 18.5 Å². The Bertz CT molecular complexity index is 673. The molecule has 0 aromatic heterocycles. The van der Waals surface area contributed by atoms with E-state index in [9.17, 15) is 0 Å². The summed E-state index contributed by atoms with van der Waals surface area (Å²) in [6, 6.07) is 0. The summed E-state index contributed by atoms with van der Waals surface area (Å²) < 4.78 is 5.99. The molecular formula is C18H19BOS. The van der Waals surface area contributed by atoms with E-state index in [1.54, 1.807) is 11.8 Å². The second-order valence-corrected chi connectivity index (χ2v) is 6.56. The summed E-state index contributed by atoms with van der Waals surface area (Å²) in [7, 11) is 0. The average Bonchev–Trinajstić information content (AvgIpc) is 2.49. The number of allylic oxidation sites excluding steroid dienone is 10. The van der Waals surface area contributed by atoms with E-state index in [1.807, 2.05) is 19.9 Å². The summed E-state index contributed by atoms with van der Waals surface area (Å²) in [6.07, 6.45) is 12.8. The van der Waals surface area contributed by atoms with Gasteiger partial charge in [0.1, 0.15) is 5.76 Å². The first-order valence-corrected chi connectivity index (χ1v) is 8.13. The first kappa shape index (κ1) is 14.3. The lowest BCUT2D eigenvalue weighted by Crippen LogP contribution is -2.32. The van der Waals surface area contributed by atoms with Gasteiger partial charge in [-0.3, -0.25) is 0 Å². The van der Waals surface area contributed by atoms with E-state index >= 15 is 0 Å². The van der Waals surface area contributed by atoms with Gasteiger partial charge < -0.3 is 4.74 Å². The van der Waals surface area contributed by atoms with E-state index in [2.05, 4.69) is 37.5 Å². The standard InChI is InChI=1S/C18H19BOS/c1-5-9-14-12(3)20-16(6-2)18-13(4)21-17-11-8-7-10-15(17)19(14)18/h5-7,9-10H,2,4,8,11H2,1,3H3/b9-5-. The molecule has 0 aromatic carbocycles. The van der Waals surface area contributed by atoms with Gasteiger partial charge in [-0.15, -0.1) is 0 Å². The zero-order chi connectivity index (χ0) is 15.0. The molecule has 3 aliphatic rings. The summed E-state index contributed by atoms with van der Waals surface area (Å²) in [5, 5.41) is 0. The van der Waals surface area contributed by atoms with E-state index in [1.165, 1.54) is 21.3 Å². The summed E-state index contributed by atoms with van der Waals surface area (Å²) in [5.74, 6) is 1.82. The van der Waals surface area contributed by atoms with Crippen LogP contribution in [0.2, 0.25) is 0 Å². The zero-order valence-corrected chi connectivity index (χ0v) is 13.4. The Morgan fingerprint density at radius 1 is 1.43 bits per heavy atom. The minimum atomic E-state index is 0.239. The summed E-state index contributed by atoms with van der Waals surface area (Å²) in [5.41, 5.74) is 3.82. The largest absolute Gasteiger partial charge is 0.463 e. The van der Waals surface area contributed by atoms with Crippen molar-refractivity contribution in [2.24, 2.45) is 0 Å². The van der Waals surface area contributed by atoms with Crippen LogP contribution in [-0.2, 0) is 4.74 Å². The van der Waals surface area contributed by atoms with Crippen molar-refractivity contribution < 1.29 is 4.74 Å². The van der Waals surface area contributed by atoms with E-state index in [-0.39, 0.29) is 6.71 Å². The third-order valence-corrected chi connectivity index (χ3v) is 5.23. The van der Waals surface area contributed by atoms with Gasteiger partial charge in [-0.25, -0.2) is 0 Å². The minimum Gasteiger partial charge on any atom is -0.463 e. The van der Waals surface area contributed by atoms with Crippen molar-refractivity contribution in [1.29, 1.82) is 0 Å². The molecular weight excluding hydrogens is 275 g/mol. The van der Waals surface area contributed by atoms with Crippen molar-refractivity contribution in [3.63, 3.8) is 0 Å². The van der Waals surface area contributed by atoms with Crippen LogP contribution in [0, 0.1) is 0 Å². The maximum Gasteiger partial charge on any atom is 0.252 e. The molecule has 1 nitrogen and oxygen atoms in total. The van der Waals surface area contributed by atoms with Crippen LogP contribution in [0.4, 0.5) is 0 Å². The van der Waals surface area contributed by atoms with E-state index < -0.39 is 0 Å². The van der Waals surface area contributed by atoms with Gasteiger partial charge in [0.15, 0.2) is 0 Å². The Hall–Kier alpha value is -1.61. The molecule has 0 radical (unpaired) electrons. The van der Waals surface area contributed by atoms with Gasteiger partial charge in [-0.05, 0) is 48.6 Å². The maximum absolute atomic E-state index is 5.99. The third-order valence-electron chi connectivity index (χ3n) is 4.08. The quantitative estimate of drug-likeness (QED) is 0.640. The first-order valence-electron chi connectivity index (χ1n) is 7.32. The van der Waals surface area contributed by atoms with Gasteiger partial charge in [0.25, 0.3) is 6.71 Å². The van der Waals surface area contributed by atoms with Crippen LogP contribution in [0.3, 0.4) is 0 Å². The Morgan fingerprint density at radius 2 is 2.24 bits per heavy atom. The molecule has 0 fully saturated rings. The first-order chi connectivity index (χ1) is 10.2. The third kappa shape index (κ3) is 2.30. The maximum atomic E-state index is 5.99.